The van der Waals surface area contributed by atoms with E-state index in [2.05, 4.69) is 37.2 Å². The molecule has 0 amide bonds. The molecule has 0 bridgehead atoms. The van der Waals surface area contributed by atoms with Crippen LogP contribution in [0.25, 0.3) is 10.3 Å². The Morgan fingerprint density at radius 3 is 2.71 bits per heavy atom. The average molecular weight is 444 g/mol. The van der Waals surface area contributed by atoms with E-state index in [0.717, 1.165) is 79.6 Å². The van der Waals surface area contributed by atoms with Crippen LogP contribution in [0, 0.1) is 6.92 Å². The van der Waals surface area contributed by atoms with Gasteiger partial charge in [0, 0.05) is 31.9 Å². The van der Waals surface area contributed by atoms with Crippen LogP contribution in [-0.2, 0) is 11.3 Å². The number of anilines is 2. The number of thiazole rings is 1. The van der Waals surface area contributed by atoms with E-state index in [0.29, 0.717) is 17.9 Å². The number of ether oxygens (including phenoxy) is 2. The lowest BCUT2D eigenvalue weighted by atomic mass is 9.91. The Balaban J connectivity index is 1.30. The average Bonchev–Trinajstić information content (AvgIpc) is 3.40. The maximum atomic E-state index is 6.41. The molecule has 3 aromatic rings. The van der Waals surface area contributed by atoms with Gasteiger partial charge in [-0.1, -0.05) is 11.3 Å². The number of nitrogens with one attached hydrogen (secondary N) is 1. The van der Waals surface area contributed by atoms with Gasteiger partial charge >= 0.3 is 0 Å². The van der Waals surface area contributed by atoms with Crippen molar-refractivity contribution in [3.63, 3.8) is 0 Å². The van der Waals surface area contributed by atoms with Crippen molar-refractivity contribution < 1.29 is 9.47 Å². The van der Waals surface area contributed by atoms with E-state index >= 15 is 0 Å². The molecule has 0 unspecified atom stereocenters. The van der Waals surface area contributed by atoms with Gasteiger partial charge in [0.25, 0.3) is 0 Å². The zero-order valence-corrected chi connectivity index (χ0v) is 18.9. The molecule has 1 aliphatic carbocycles. The van der Waals surface area contributed by atoms with Gasteiger partial charge in [-0.3, -0.25) is 9.58 Å². The lowest BCUT2D eigenvalue weighted by molar-refractivity contribution is -0.00126. The minimum atomic E-state index is 0.160. The van der Waals surface area contributed by atoms with Crippen molar-refractivity contribution in [3.05, 3.63) is 17.4 Å². The minimum Gasteiger partial charge on any atom is -0.473 e. The molecule has 5 rings (SSSR count). The summed E-state index contributed by atoms with van der Waals surface area (Å²) in [5.41, 5.74) is 1.62. The molecule has 3 aromatic heterocycles. The largest absolute Gasteiger partial charge is 0.473 e. The van der Waals surface area contributed by atoms with Crippen molar-refractivity contribution in [2.75, 3.05) is 31.6 Å². The fourth-order valence-electron chi connectivity index (χ4n) is 4.40. The number of aromatic nitrogens is 5. The number of fused-ring (bicyclic) bond motifs is 1. The van der Waals surface area contributed by atoms with Crippen molar-refractivity contribution in [2.45, 2.75) is 58.2 Å². The minimum absolute atomic E-state index is 0.160. The van der Waals surface area contributed by atoms with E-state index in [1.165, 1.54) is 0 Å². The van der Waals surface area contributed by atoms with Crippen molar-refractivity contribution in [1.29, 1.82) is 0 Å². The zero-order chi connectivity index (χ0) is 21.2. The molecule has 2 fully saturated rings. The number of aryl methyl sites for hydroxylation is 2. The van der Waals surface area contributed by atoms with Gasteiger partial charge in [0.05, 0.1) is 30.1 Å². The molecule has 4 heterocycles. The van der Waals surface area contributed by atoms with Crippen LogP contribution in [0.2, 0.25) is 0 Å². The van der Waals surface area contributed by atoms with Gasteiger partial charge in [0.1, 0.15) is 6.10 Å². The monoisotopic (exact) mass is 443 g/mol. The van der Waals surface area contributed by atoms with Gasteiger partial charge in [-0.15, -0.1) is 0 Å². The fourth-order valence-corrected chi connectivity index (χ4v) is 5.18. The first-order chi connectivity index (χ1) is 15.2. The molecule has 1 aliphatic heterocycles. The molecule has 0 aromatic carbocycles. The Kier molecular flexibility index (Phi) is 6.02. The smallest absolute Gasteiger partial charge is 0.246 e. The molecule has 1 N–H and O–H groups in total. The fraction of sp³-hybridized carbons (Fsp3) is 0.619. The summed E-state index contributed by atoms with van der Waals surface area (Å²) in [5.74, 6) is 1.10. The highest BCUT2D eigenvalue weighted by Gasteiger charge is 2.29. The van der Waals surface area contributed by atoms with E-state index < -0.39 is 0 Å². The van der Waals surface area contributed by atoms with Gasteiger partial charge in [0.2, 0.25) is 11.8 Å². The number of hydrogen-bond acceptors (Lipinski definition) is 9. The van der Waals surface area contributed by atoms with Crippen LogP contribution in [0.1, 0.15) is 37.6 Å². The first kappa shape index (κ1) is 20.6. The Morgan fingerprint density at radius 2 is 1.97 bits per heavy atom. The lowest BCUT2D eigenvalue weighted by Gasteiger charge is -2.38. The Morgan fingerprint density at radius 1 is 1.16 bits per heavy atom. The first-order valence-corrected chi connectivity index (χ1v) is 11.9. The highest BCUT2D eigenvalue weighted by atomic mass is 32.1. The molecule has 0 atom stereocenters. The maximum absolute atomic E-state index is 6.41. The molecule has 166 valence electrons. The topological polar surface area (TPSA) is 90.2 Å². The number of morpholine rings is 1. The predicted octanol–water partition coefficient (Wildman–Crippen LogP) is 3.38. The summed E-state index contributed by atoms with van der Waals surface area (Å²) in [6.07, 6.45) is 8.24. The van der Waals surface area contributed by atoms with Crippen molar-refractivity contribution in [3.8, 4) is 5.88 Å². The number of nitrogens with zero attached hydrogens (tertiary/aromatic N) is 6. The third-order valence-electron chi connectivity index (χ3n) is 6.03. The Bertz CT molecular complexity index is 1020. The Hall–Kier alpha value is -2.30. The molecule has 0 radical (unpaired) electrons. The highest BCUT2D eigenvalue weighted by molar-refractivity contribution is 7.18. The molecule has 1 saturated heterocycles. The quantitative estimate of drug-likeness (QED) is 0.620. The standard InChI is InChI=1S/C21H29N7O2S/c1-3-28-13-15(12-22-28)24-21-25-19(18-20(26-21)31-14(2)23-18)30-17-6-4-16(5-7-17)27-8-10-29-11-9-27/h12-13,16-17H,3-11H2,1-2H3,(H,24,25,26)/t16-,17-. The first-order valence-electron chi connectivity index (χ1n) is 11.1. The van der Waals surface area contributed by atoms with E-state index in [1.54, 1.807) is 17.5 Å². The van der Waals surface area contributed by atoms with Gasteiger partial charge in [-0.2, -0.15) is 15.1 Å². The van der Waals surface area contributed by atoms with Crippen LogP contribution in [0.4, 0.5) is 11.6 Å². The summed E-state index contributed by atoms with van der Waals surface area (Å²) in [6, 6.07) is 0.642. The maximum Gasteiger partial charge on any atom is 0.246 e. The number of rotatable bonds is 6. The zero-order valence-electron chi connectivity index (χ0n) is 18.1. The molecule has 9 nitrogen and oxygen atoms in total. The van der Waals surface area contributed by atoms with Gasteiger partial charge in [-0.25, -0.2) is 4.98 Å². The molecule has 2 aliphatic rings. The van der Waals surface area contributed by atoms with E-state index in [1.807, 2.05) is 17.8 Å². The van der Waals surface area contributed by atoms with Gasteiger partial charge in [-0.05, 0) is 39.5 Å². The molecule has 0 spiro atoms. The summed E-state index contributed by atoms with van der Waals surface area (Å²) in [7, 11) is 0. The second-order valence-electron chi connectivity index (χ2n) is 8.15. The summed E-state index contributed by atoms with van der Waals surface area (Å²) in [6.45, 7) is 8.66. The SMILES string of the molecule is CCn1cc(Nc2nc(O[C@H]3CC[C@H](N4CCOCC4)CC3)c3nc(C)sc3n2)cn1. The summed E-state index contributed by atoms with van der Waals surface area (Å²) >= 11 is 1.56. The van der Waals surface area contributed by atoms with Crippen LogP contribution < -0.4 is 10.1 Å². The molecule has 1 saturated carbocycles. The second-order valence-corrected chi connectivity index (χ2v) is 9.33. The summed E-state index contributed by atoms with van der Waals surface area (Å²) in [4.78, 5) is 17.4. The van der Waals surface area contributed by atoms with E-state index in [4.69, 9.17) is 9.47 Å². The summed E-state index contributed by atoms with van der Waals surface area (Å²) in [5, 5.41) is 8.53. The van der Waals surface area contributed by atoms with Gasteiger partial charge in [0.15, 0.2) is 10.3 Å². The molecule has 31 heavy (non-hydrogen) atoms. The predicted molar refractivity (Wildman–Crippen MR) is 120 cm³/mol. The van der Waals surface area contributed by atoms with E-state index in [-0.39, 0.29) is 6.10 Å². The normalized spacial score (nSPS) is 22.6. The lowest BCUT2D eigenvalue weighted by Crippen LogP contribution is -2.46. The third kappa shape index (κ3) is 4.65. The van der Waals surface area contributed by atoms with Crippen molar-refractivity contribution in [1.82, 2.24) is 29.6 Å². The van der Waals surface area contributed by atoms with Crippen molar-refractivity contribution in [2.24, 2.45) is 0 Å². The molecular formula is C21H29N7O2S. The van der Waals surface area contributed by atoms with Crippen LogP contribution in [0.5, 0.6) is 5.88 Å². The summed E-state index contributed by atoms with van der Waals surface area (Å²) < 4.78 is 13.8. The molecular weight excluding hydrogens is 414 g/mol. The number of hydrogen-bond donors (Lipinski definition) is 1. The van der Waals surface area contributed by atoms with Crippen LogP contribution in [0.15, 0.2) is 12.4 Å². The van der Waals surface area contributed by atoms with Crippen LogP contribution in [0.3, 0.4) is 0 Å². The molecule has 10 heteroatoms. The van der Waals surface area contributed by atoms with E-state index in [9.17, 15) is 0 Å². The van der Waals surface area contributed by atoms with Gasteiger partial charge < -0.3 is 14.8 Å². The van der Waals surface area contributed by atoms with Crippen LogP contribution in [-0.4, -0.2) is 68.1 Å². The third-order valence-corrected chi connectivity index (χ3v) is 6.90. The van der Waals surface area contributed by atoms with Crippen molar-refractivity contribution >= 4 is 33.3 Å². The van der Waals surface area contributed by atoms with Crippen LogP contribution >= 0.6 is 11.3 Å². The second kappa shape index (κ2) is 9.05. The Labute approximate surface area is 185 Å². The highest BCUT2D eigenvalue weighted by Crippen LogP contribution is 2.32.